The van der Waals surface area contributed by atoms with Crippen LogP contribution >= 0.6 is 11.6 Å². The first-order chi connectivity index (χ1) is 11.2. The maximum Gasteiger partial charge on any atom is 0.150 e. The van der Waals surface area contributed by atoms with Crippen molar-refractivity contribution in [1.29, 1.82) is 0 Å². The molecule has 23 heavy (non-hydrogen) atoms. The molecule has 6 nitrogen and oxygen atoms in total. The molecule has 1 atom stereocenters. The van der Waals surface area contributed by atoms with E-state index in [1.165, 1.54) is 0 Å². The minimum atomic E-state index is -0.212. The molecule has 0 saturated heterocycles. The molecule has 7 heteroatoms. The van der Waals surface area contributed by atoms with Crippen molar-refractivity contribution in [1.82, 2.24) is 0 Å². The van der Waals surface area contributed by atoms with Crippen molar-refractivity contribution in [2.45, 2.75) is 6.10 Å². The molecule has 0 aliphatic carbocycles. The molecule has 0 bridgehead atoms. The summed E-state index contributed by atoms with van der Waals surface area (Å²) in [5.41, 5.74) is 11.1. The maximum atomic E-state index is 8.46. The second-order valence-corrected chi connectivity index (χ2v) is 5.47. The van der Waals surface area contributed by atoms with Crippen LogP contribution in [0.5, 0.6) is 11.5 Å². The fourth-order valence-electron chi connectivity index (χ4n) is 2.52. The topological polar surface area (TPSA) is 79.2 Å². The van der Waals surface area contributed by atoms with Crippen molar-refractivity contribution >= 4 is 17.3 Å². The highest BCUT2D eigenvalue weighted by Gasteiger charge is 2.22. The van der Waals surface area contributed by atoms with Gasteiger partial charge in [0.15, 0.2) is 5.75 Å². The highest BCUT2D eigenvalue weighted by Crippen LogP contribution is 2.42. The van der Waals surface area contributed by atoms with Gasteiger partial charge in [0, 0.05) is 16.0 Å². The van der Waals surface area contributed by atoms with Gasteiger partial charge in [-0.15, -0.1) is 0 Å². The molecule has 1 heterocycles. The third kappa shape index (κ3) is 3.13. The number of hydrogen-bond acceptors (Lipinski definition) is 4. The number of nitrogens with zero attached hydrogens (tertiary/aromatic N) is 3. The van der Waals surface area contributed by atoms with Crippen LogP contribution in [0.2, 0.25) is 5.02 Å². The van der Waals surface area contributed by atoms with E-state index in [-0.39, 0.29) is 12.6 Å². The number of methoxy groups -OCH3 is 1. The molecule has 2 aromatic carbocycles. The Labute approximate surface area is 138 Å². The van der Waals surface area contributed by atoms with E-state index in [9.17, 15) is 0 Å². The van der Waals surface area contributed by atoms with Gasteiger partial charge in [0.05, 0.1) is 30.9 Å². The Balaban J connectivity index is 2.00. The quantitative estimate of drug-likeness (QED) is 0.509. The van der Waals surface area contributed by atoms with E-state index in [4.69, 9.17) is 26.6 Å². The lowest BCUT2D eigenvalue weighted by Crippen LogP contribution is -2.33. The first-order valence-corrected chi connectivity index (χ1v) is 7.49. The lowest BCUT2D eigenvalue weighted by atomic mass is 10.0. The number of ether oxygens (including phenoxy) is 2. The SMILES string of the molecule is COc1ccc(-c2cccc3c2O[C@H](CN=[N+]=[N-])CN3)c(Cl)c1. The normalized spacial score (nSPS) is 15.7. The van der Waals surface area contributed by atoms with Gasteiger partial charge in [-0.25, -0.2) is 0 Å². The molecule has 0 amide bonds. The van der Waals surface area contributed by atoms with Crippen molar-refractivity contribution in [3.63, 3.8) is 0 Å². The number of nitrogens with one attached hydrogen (secondary N) is 1. The molecule has 0 unspecified atom stereocenters. The first kappa shape index (κ1) is 15.3. The Morgan fingerprint density at radius 1 is 1.39 bits per heavy atom. The molecule has 0 spiro atoms. The third-order valence-electron chi connectivity index (χ3n) is 3.63. The molecular weight excluding hydrogens is 316 g/mol. The zero-order valence-electron chi connectivity index (χ0n) is 12.5. The van der Waals surface area contributed by atoms with Crippen molar-refractivity contribution < 1.29 is 9.47 Å². The molecule has 0 saturated carbocycles. The zero-order chi connectivity index (χ0) is 16.2. The Bertz CT molecular complexity index is 775. The van der Waals surface area contributed by atoms with Crippen LogP contribution < -0.4 is 14.8 Å². The minimum Gasteiger partial charge on any atom is -0.497 e. The van der Waals surface area contributed by atoms with Gasteiger partial charge < -0.3 is 14.8 Å². The van der Waals surface area contributed by atoms with Crippen LogP contribution in [-0.2, 0) is 0 Å². The predicted octanol–water partition coefficient (Wildman–Crippen LogP) is 4.50. The van der Waals surface area contributed by atoms with Crippen LogP contribution in [0.3, 0.4) is 0 Å². The summed E-state index contributed by atoms with van der Waals surface area (Å²) in [6.45, 7) is 0.861. The van der Waals surface area contributed by atoms with Crippen LogP contribution in [0.15, 0.2) is 41.5 Å². The van der Waals surface area contributed by atoms with Crippen molar-refractivity contribution in [3.05, 3.63) is 51.9 Å². The van der Waals surface area contributed by atoms with E-state index < -0.39 is 0 Å². The highest BCUT2D eigenvalue weighted by molar-refractivity contribution is 6.33. The summed E-state index contributed by atoms with van der Waals surface area (Å²) in [6.07, 6.45) is -0.212. The van der Waals surface area contributed by atoms with Crippen LogP contribution in [0.4, 0.5) is 5.69 Å². The molecular formula is C16H15ClN4O2. The van der Waals surface area contributed by atoms with Gasteiger partial charge in [-0.1, -0.05) is 28.8 Å². The second kappa shape index (κ2) is 6.69. The van der Waals surface area contributed by atoms with Crippen molar-refractivity contribution in [2.75, 3.05) is 25.5 Å². The fraction of sp³-hybridized carbons (Fsp3) is 0.250. The lowest BCUT2D eigenvalue weighted by Gasteiger charge is -2.28. The smallest absolute Gasteiger partial charge is 0.150 e. The Hall–Kier alpha value is -2.56. The minimum absolute atomic E-state index is 0.212. The summed E-state index contributed by atoms with van der Waals surface area (Å²) in [5, 5.41) is 7.46. The summed E-state index contributed by atoms with van der Waals surface area (Å²) in [4.78, 5) is 2.78. The molecule has 118 valence electrons. The maximum absolute atomic E-state index is 8.46. The van der Waals surface area contributed by atoms with Gasteiger partial charge in [0.1, 0.15) is 11.9 Å². The molecule has 1 aliphatic rings. The van der Waals surface area contributed by atoms with Gasteiger partial charge >= 0.3 is 0 Å². The number of benzene rings is 2. The summed E-state index contributed by atoms with van der Waals surface area (Å²) in [5.74, 6) is 1.41. The Morgan fingerprint density at radius 3 is 3.00 bits per heavy atom. The average molecular weight is 331 g/mol. The number of fused-ring (bicyclic) bond motifs is 1. The molecule has 2 aromatic rings. The third-order valence-corrected chi connectivity index (χ3v) is 3.95. The largest absolute Gasteiger partial charge is 0.497 e. The molecule has 1 N–H and O–H groups in total. The number of azide groups is 1. The van der Waals surface area contributed by atoms with Gasteiger partial charge in [-0.3, -0.25) is 0 Å². The van der Waals surface area contributed by atoms with Gasteiger partial charge in [0.25, 0.3) is 0 Å². The zero-order valence-corrected chi connectivity index (χ0v) is 13.2. The van der Waals surface area contributed by atoms with Crippen LogP contribution in [0.1, 0.15) is 0 Å². The highest BCUT2D eigenvalue weighted by atomic mass is 35.5. The summed E-state index contributed by atoms with van der Waals surface area (Å²) in [6, 6.07) is 11.4. The summed E-state index contributed by atoms with van der Waals surface area (Å²) >= 11 is 6.38. The number of halogens is 1. The van der Waals surface area contributed by atoms with Crippen LogP contribution in [-0.4, -0.2) is 26.3 Å². The molecule has 0 aromatic heterocycles. The number of anilines is 1. The summed E-state index contributed by atoms with van der Waals surface area (Å²) in [7, 11) is 1.60. The van der Waals surface area contributed by atoms with Gasteiger partial charge in [-0.05, 0) is 29.8 Å². The van der Waals surface area contributed by atoms with Crippen molar-refractivity contribution in [2.24, 2.45) is 5.11 Å². The lowest BCUT2D eigenvalue weighted by molar-refractivity contribution is 0.215. The van der Waals surface area contributed by atoms with E-state index in [0.29, 0.717) is 23.1 Å². The van der Waals surface area contributed by atoms with Gasteiger partial charge in [-0.2, -0.15) is 0 Å². The van der Waals surface area contributed by atoms with Crippen molar-refractivity contribution in [3.8, 4) is 22.6 Å². The van der Waals surface area contributed by atoms with E-state index in [1.807, 2.05) is 30.3 Å². The van der Waals surface area contributed by atoms with Gasteiger partial charge in [0.2, 0.25) is 0 Å². The molecule has 0 fully saturated rings. The molecule has 3 rings (SSSR count). The molecule has 0 radical (unpaired) electrons. The Morgan fingerprint density at radius 2 is 2.26 bits per heavy atom. The standard InChI is InChI=1S/C16H15ClN4O2/c1-22-10-5-6-12(14(17)7-10)13-3-2-4-15-16(13)23-11(8-19-15)9-20-21-18/h2-7,11,19H,8-9H2,1H3/t11-/m0/s1. The van der Waals surface area contributed by atoms with E-state index in [1.54, 1.807) is 13.2 Å². The average Bonchev–Trinajstić information content (AvgIpc) is 2.59. The predicted molar refractivity (Wildman–Crippen MR) is 90.4 cm³/mol. The Kier molecular flexibility index (Phi) is 4.46. The first-order valence-electron chi connectivity index (χ1n) is 7.11. The van der Waals surface area contributed by atoms with E-state index >= 15 is 0 Å². The molecule has 1 aliphatic heterocycles. The number of hydrogen-bond donors (Lipinski definition) is 1. The fourth-order valence-corrected chi connectivity index (χ4v) is 2.79. The van der Waals surface area contributed by atoms with E-state index in [0.717, 1.165) is 16.8 Å². The monoisotopic (exact) mass is 330 g/mol. The second-order valence-electron chi connectivity index (χ2n) is 5.06. The number of rotatable bonds is 4. The summed E-state index contributed by atoms with van der Waals surface area (Å²) < 4.78 is 11.2. The van der Waals surface area contributed by atoms with Crippen LogP contribution in [0.25, 0.3) is 21.6 Å². The van der Waals surface area contributed by atoms with Crippen LogP contribution in [0, 0.1) is 0 Å². The number of para-hydroxylation sites is 1. The van der Waals surface area contributed by atoms with E-state index in [2.05, 4.69) is 15.3 Å².